The smallest absolute Gasteiger partial charge is 0.230 e. The van der Waals surface area contributed by atoms with Crippen molar-refractivity contribution in [2.24, 2.45) is 0 Å². The summed E-state index contributed by atoms with van der Waals surface area (Å²) >= 11 is 6.58. The minimum atomic E-state index is -0.212. The van der Waals surface area contributed by atoms with Crippen LogP contribution in [0.3, 0.4) is 0 Å². The molecule has 0 saturated carbocycles. The van der Waals surface area contributed by atoms with Gasteiger partial charge in [-0.3, -0.25) is 9.80 Å². The average Bonchev–Trinajstić information content (AvgIpc) is 2.75. The summed E-state index contributed by atoms with van der Waals surface area (Å²) in [6, 6.07) is 0.561. The molecule has 3 saturated heterocycles. The maximum absolute atomic E-state index is 6.58. The highest BCUT2D eigenvalue weighted by Gasteiger charge is 2.50. The summed E-state index contributed by atoms with van der Waals surface area (Å²) in [6.45, 7) is 21.0. The molecule has 8 nitrogen and oxygen atoms in total. The molecule has 1 aromatic heterocycles. The van der Waals surface area contributed by atoms with Gasteiger partial charge in [-0.25, -0.2) is 0 Å². The van der Waals surface area contributed by atoms with E-state index >= 15 is 0 Å². The standard InChI is InChI=1S/C27H48ClN7O/c1-24(2)13-18(14-25(3,4)33(24)9)35(19-15-26(5,6)34(10)27(7,8)16-19)23-31-21(30-22(28)32-23)20-17-29-11-12-36-20/h18-20,29H,11-17H2,1-10H3. The summed E-state index contributed by atoms with van der Waals surface area (Å²) in [5, 5.41) is 3.63. The van der Waals surface area contributed by atoms with Crippen LogP contribution in [0.1, 0.15) is 93.0 Å². The van der Waals surface area contributed by atoms with E-state index in [4.69, 9.17) is 26.3 Å². The number of nitrogens with zero attached hydrogens (tertiary/aromatic N) is 6. The zero-order valence-electron chi connectivity index (χ0n) is 24.2. The van der Waals surface area contributed by atoms with E-state index in [2.05, 4.69) is 94.5 Å². The molecular weight excluding hydrogens is 474 g/mol. The van der Waals surface area contributed by atoms with Gasteiger partial charge in [-0.1, -0.05) is 0 Å². The number of aromatic nitrogens is 3. The van der Waals surface area contributed by atoms with Crippen molar-refractivity contribution in [3.05, 3.63) is 11.1 Å². The number of nitrogens with one attached hydrogen (secondary N) is 1. The minimum Gasteiger partial charge on any atom is -0.368 e. The summed E-state index contributed by atoms with van der Waals surface area (Å²) < 4.78 is 6.00. The first kappa shape index (κ1) is 28.0. The number of hydrogen-bond acceptors (Lipinski definition) is 8. The van der Waals surface area contributed by atoms with Crippen LogP contribution in [-0.4, -0.2) is 92.8 Å². The highest BCUT2D eigenvalue weighted by atomic mass is 35.5. The van der Waals surface area contributed by atoms with Gasteiger partial charge in [0.25, 0.3) is 0 Å². The van der Waals surface area contributed by atoms with Crippen molar-refractivity contribution in [2.45, 2.75) is 121 Å². The van der Waals surface area contributed by atoms with Gasteiger partial charge in [-0.15, -0.1) is 0 Å². The van der Waals surface area contributed by atoms with Gasteiger partial charge in [0.1, 0.15) is 6.10 Å². The number of piperidine rings is 2. The molecular formula is C27H48ClN7O. The molecule has 0 amide bonds. The normalized spacial score (nSPS) is 29.2. The van der Waals surface area contributed by atoms with E-state index < -0.39 is 0 Å². The molecule has 36 heavy (non-hydrogen) atoms. The lowest BCUT2D eigenvalue weighted by molar-refractivity contribution is -0.0315. The Morgan fingerprint density at radius 3 is 1.69 bits per heavy atom. The van der Waals surface area contributed by atoms with E-state index in [-0.39, 0.29) is 45.6 Å². The molecule has 0 spiro atoms. The molecule has 0 bridgehead atoms. The lowest BCUT2D eigenvalue weighted by Gasteiger charge is -2.60. The summed E-state index contributed by atoms with van der Waals surface area (Å²) in [6.07, 6.45) is 3.90. The van der Waals surface area contributed by atoms with E-state index in [1.54, 1.807) is 0 Å². The Balaban J connectivity index is 1.80. The van der Waals surface area contributed by atoms with Gasteiger partial charge in [0.15, 0.2) is 5.82 Å². The van der Waals surface area contributed by atoms with Gasteiger partial charge in [-0.05, 0) is 107 Å². The monoisotopic (exact) mass is 521 g/mol. The summed E-state index contributed by atoms with van der Waals surface area (Å²) in [4.78, 5) is 21.9. The molecule has 204 valence electrons. The van der Waals surface area contributed by atoms with E-state index in [0.29, 0.717) is 24.9 Å². The fourth-order valence-corrected chi connectivity index (χ4v) is 7.16. The van der Waals surface area contributed by atoms with Gasteiger partial charge in [0.05, 0.1) is 6.61 Å². The number of anilines is 1. The fraction of sp³-hybridized carbons (Fsp3) is 0.889. The third-order valence-corrected chi connectivity index (χ3v) is 9.59. The molecule has 3 aliphatic rings. The lowest BCUT2D eigenvalue weighted by Crippen LogP contribution is -2.67. The summed E-state index contributed by atoms with van der Waals surface area (Å²) in [7, 11) is 4.52. The molecule has 1 aromatic rings. The maximum Gasteiger partial charge on any atom is 0.230 e. The largest absolute Gasteiger partial charge is 0.368 e. The lowest BCUT2D eigenvalue weighted by atomic mass is 9.73. The second-order valence-corrected chi connectivity index (χ2v) is 14.1. The molecule has 0 radical (unpaired) electrons. The first-order valence-corrected chi connectivity index (χ1v) is 13.9. The van der Waals surface area contributed by atoms with E-state index in [9.17, 15) is 0 Å². The van der Waals surface area contributed by atoms with Crippen molar-refractivity contribution in [3.8, 4) is 0 Å². The van der Waals surface area contributed by atoms with Crippen LogP contribution in [0.4, 0.5) is 5.95 Å². The van der Waals surface area contributed by atoms with Crippen LogP contribution in [0.2, 0.25) is 5.28 Å². The molecule has 9 heteroatoms. The summed E-state index contributed by atoms with van der Waals surface area (Å²) in [5.41, 5.74) is 0.156. The van der Waals surface area contributed by atoms with Crippen molar-refractivity contribution in [1.82, 2.24) is 30.1 Å². The van der Waals surface area contributed by atoms with Gasteiger partial charge in [0, 0.05) is 47.3 Å². The Kier molecular flexibility index (Phi) is 7.46. The van der Waals surface area contributed by atoms with Crippen LogP contribution < -0.4 is 10.2 Å². The molecule has 1 N–H and O–H groups in total. The van der Waals surface area contributed by atoms with Crippen molar-refractivity contribution in [1.29, 1.82) is 0 Å². The fourth-order valence-electron chi connectivity index (χ4n) is 7.00. The quantitative estimate of drug-likeness (QED) is 0.629. The molecule has 1 unspecified atom stereocenters. The number of hydrogen-bond donors (Lipinski definition) is 1. The van der Waals surface area contributed by atoms with Gasteiger partial charge in [0.2, 0.25) is 11.2 Å². The zero-order chi connectivity index (χ0) is 26.7. The van der Waals surface area contributed by atoms with Crippen molar-refractivity contribution in [3.63, 3.8) is 0 Å². The third-order valence-electron chi connectivity index (χ3n) is 9.42. The Labute approximate surface area is 223 Å². The van der Waals surface area contributed by atoms with Crippen LogP contribution in [0.15, 0.2) is 0 Å². The third kappa shape index (κ3) is 5.39. The average molecular weight is 522 g/mol. The number of ether oxygens (including phenoxy) is 1. The minimum absolute atomic E-state index is 0.0389. The van der Waals surface area contributed by atoms with Crippen LogP contribution in [0.25, 0.3) is 0 Å². The van der Waals surface area contributed by atoms with E-state index in [0.717, 1.165) is 32.2 Å². The van der Waals surface area contributed by atoms with Crippen molar-refractivity contribution >= 4 is 17.5 Å². The van der Waals surface area contributed by atoms with Crippen LogP contribution in [0, 0.1) is 0 Å². The Bertz CT molecular complexity index is 866. The number of rotatable bonds is 4. The predicted octanol–water partition coefficient (Wildman–Crippen LogP) is 4.30. The van der Waals surface area contributed by atoms with Gasteiger partial charge < -0.3 is 15.0 Å². The molecule has 4 heterocycles. The molecule has 0 aliphatic carbocycles. The first-order chi connectivity index (χ1) is 16.5. The van der Waals surface area contributed by atoms with Crippen LogP contribution in [-0.2, 0) is 4.74 Å². The Hall–Kier alpha value is -1.06. The molecule has 4 rings (SSSR count). The Morgan fingerprint density at radius 1 is 0.806 bits per heavy atom. The molecule has 1 atom stereocenters. The van der Waals surface area contributed by atoms with Crippen molar-refractivity contribution < 1.29 is 4.74 Å². The molecule has 0 aromatic carbocycles. The highest BCUT2D eigenvalue weighted by Crippen LogP contribution is 2.45. The SMILES string of the molecule is CN1C(C)(C)CC(N(c2nc(Cl)nc(C3CNCCO3)n2)C2CC(C)(C)N(C)C(C)(C)C2)CC1(C)C. The van der Waals surface area contributed by atoms with Gasteiger partial charge >= 0.3 is 0 Å². The second kappa shape index (κ2) is 9.60. The van der Waals surface area contributed by atoms with E-state index in [1.807, 2.05) is 0 Å². The number of likely N-dealkylation sites (tertiary alicyclic amines) is 2. The van der Waals surface area contributed by atoms with Crippen LogP contribution in [0.5, 0.6) is 0 Å². The topological polar surface area (TPSA) is 69.7 Å². The second-order valence-electron chi connectivity index (χ2n) is 13.7. The first-order valence-electron chi connectivity index (χ1n) is 13.5. The van der Waals surface area contributed by atoms with E-state index in [1.165, 1.54) is 0 Å². The number of halogens is 1. The molecule has 3 fully saturated rings. The summed E-state index contributed by atoms with van der Waals surface area (Å²) in [5.74, 6) is 1.32. The predicted molar refractivity (Wildman–Crippen MR) is 147 cm³/mol. The highest BCUT2D eigenvalue weighted by molar-refractivity contribution is 6.28. The van der Waals surface area contributed by atoms with Gasteiger partial charge in [-0.2, -0.15) is 15.0 Å². The number of morpholine rings is 1. The van der Waals surface area contributed by atoms with Crippen molar-refractivity contribution in [2.75, 3.05) is 38.7 Å². The maximum atomic E-state index is 6.58. The zero-order valence-corrected chi connectivity index (χ0v) is 24.9. The Morgan fingerprint density at radius 2 is 1.28 bits per heavy atom. The van der Waals surface area contributed by atoms with Crippen LogP contribution >= 0.6 is 11.6 Å². The molecule has 3 aliphatic heterocycles.